The minimum atomic E-state index is 0.0752. The van der Waals surface area contributed by atoms with Crippen LogP contribution in [0.15, 0.2) is 42.7 Å². The van der Waals surface area contributed by atoms with Gasteiger partial charge in [0.15, 0.2) is 11.5 Å². The maximum atomic E-state index is 12.1. The van der Waals surface area contributed by atoms with Crippen molar-refractivity contribution in [2.45, 2.75) is 45.9 Å². The molecule has 0 radical (unpaired) electrons. The van der Waals surface area contributed by atoms with Crippen LogP contribution < -0.4 is 14.8 Å². The molecule has 0 unspecified atom stereocenters. The van der Waals surface area contributed by atoms with Crippen LogP contribution in [0.25, 0.3) is 0 Å². The molecule has 156 valence electrons. The molecule has 1 aromatic carbocycles. The van der Waals surface area contributed by atoms with Crippen molar-refractivity contribution in [1.82, 2.24) is 15.2 Å². The molecule has 0 saturated carbocycles. The molecule has 0 bridgehead atoms. The molecule has 2 aromatic rings. The van der Waals surface area contributed by atoms with E-state index in [0.29, 0.717) is 12.6 Å². The summed E-state index contributed by atoms with van der Waals surface area (Å²) in [7, 11) is 1.66. The van der Waals surface area contributed by atoms with Crippen molar-refractivity contribution < 1.29 is 14.3 Å². The molecule has 6 heteroatoms. The first kappa shape index (κ1) is 21.1. The predicted molar refractivity (Wildman–Crippen MR) is 113 cm³/mol. The largest absolute Gasteiger partial charge is 0.493 e. The van der Waals surface area contributed by atoms with E-state index in [-0.39, 0.29) is 11.8 Å². The number of rotatable bonds is 8. The van der Waals surface area contributed by atoms with Crippen LogP contribution in [0.1, 0.15) is 37.8 Å². The number of piperidine rings is 1. The molecule has 1 N–H and O–H groups in total. The quantitative estimate of drug-likeness (QED) is 0.740. The number of carbonyl (C=O) groups is 1. The number of benzene rings is 1. The van der Waals surface area contributed by atoms with E-state index in [9.17, 15) is 4.79 Å². The fourth-order valence-electron chi connectivity index (χ4n) is 3.51. The Labute approximate surface area is 173 Å². The topological polar surface area (TPSA) is 63.7 Å². The van der Waals surface area contributed by atoms with Gasteiger partial charge in [-0.25, -0.2) is 0 Å². The molecule has 0 aliphatic carbocycles. The fraction of sp³-hybridized carbons (Fsp3) is 0.478. The van der Waals surface area contributed by atoms with Gasteiger partial charge in [0.2, 0.25) is 5.91 Å². The lowest BCUT2D eigenvalue weighted by Crippen LogP contribution is -2.45. The number of nitrogens with zero attached hydrogens (tertiary/aromatic N) is 2. The van der Waals surface area contributed by atoms with Crippen molar-refractivity contribution in [2.24, 2.45) is 5.92 Å². The van der Waals surface area contributed by atoms with Gasteiger partial charge in [-0.1, -0.05) is 19.9 Å². The van der Waals surface area contributed by atoms with Gasteiger partial charge in [0.05, 0.1) is 7.11 Å². The monoisotopic (exact) mass is 397 g/mol. The van der Waals surface area contributed by atoms with Gasteiger partial charge in [0.1, 0.15) is 6.61 Å². The number of hydrogen-bond donors (Lipinski definition) is 1. The molecule has 1 fully saturated rings. The van der Waals surface area contributed by atoms with Crippen LogP contribution in [-0.2, 0) is 17.9 Å². The molecule has 1 saturated heterocycles. The van der Waals surface area contributed by atoms with E-state index in [4.69, 9.17) is 9.47 Å². The van der Waals surface area contributed by atoms with Gasteiger partial charge in [0, 0.05) is 44.0 Å². The highest BCUT2D eigenvalue weighted by Gasteiger charge is 2.23. The third-order valence-electron chi connectivity index (χ3n) is 5.27. The third-order valence-corrected chi connectivity index (χ3v) is 5.27. The van der Waals surface area contributed by atoms with Crippen LogP contribution in [0.3, 0.4) is 0 Å². The number of aromatic nitrogens is 1. The number of nitrogens with one attached hydrogen (secondary N) is 1. The van der Waals surface area contributed by atoms with Gasteiger partial charge in [0.25, 0.3) is 0 Å². The number of methoxy groups -OCH3 is 1. The van der Waals surface area contributed by atoms with E-state index in [2.05, 4.69) is 16.4 Å². The van der Waals surface area contributed by atoms with Crippen LogP contribution in [0.2, 0.25) is 0 Å². The summed E-state index contributed by atoms with van der Waals surface area (Å²) in [4.78, 5) is 18.1. The summed E-state index contributed by atoms with van der Waals surface area (Å²) in [5, 5.41) is 3.61. The van der Waals surface area contributed by atoms with Gasteiger partial charge in [-0.3, -0.25) is 9.78 Å². The molecule has 1 aliphatic rings. The van der Waals surface area contributed by atoms with Crippen molar-refractivity contribution in [1.29, 1.82) is 0 Å². The normalized spacial score (nSPS) is 14.8. The molecule has 3 rings (SSSR count). The maximum absolute atomic E-state index is 12.1. The van der Waals surface area contributed by atoms with E-state index in [1.165, 1.54) is 0 Å². The third kappa shape index (κ3) is 5.94. The SMILES string of the molecule is COc1cc(CNC2CCN(C(=O)C(C)C)CC2)ccc1OCc1ccncc1. The summed E-state index contributed by atoms with van der Waals surface area (Å²) in [5.41, 5.74) is 2.22. The minimum absolute atomic E-state index is 0.0752. The van der Waals surface area contributed by atoms with Crippen LogP contribution in [0.5, 0.6) is 11.5 Å². The van der Waals surface area contributed by atoms with Gasteiger partial charge in [-0.15, -0.1) is 0 Å². The Bertz CT molecular complexity index is 787. The van der Waals surface area contributed by atoms with Crippen LogP contribution in [-0.4, -0.2) is 42.0 Å². The number of ether oxygens (including phenoxy) is 2. The van der Waals surface area contributed by atoms with Gasteiger partial charge < -0.3 is 19.7 Å². The standard InChI is InChI=1S/C23H31N3O3/c1-17(2)23(27)26-12-8-20(9-13-26)25-15-19-4-5-21(22(14-19)28-3)29-16-18-6-10-24-11-7-18/h4-7,10-11,14,17,20,25H,8-9,12-13,15-16H2,1-3H3. The molecular weight excluding hydrogens is 366 g/mol. The first-order valence-corrected chi connectivity index (χ1v) is 10.3. The number of hydrogen-bond acceptors (Lipinski definition) is 5. The fourth-order valence-corrected chi connectivity index (χ4v) is 3.51. The van der Waals surface area contributed by atoms with E-state index >= 15 is 0 Å². The number of amides is 1. The molecule has 0 atom stereocenters. The van der Waals surface area contributed by atoms with Crippen molar-refractivity contribution in [3.63, 3.8) is 0 Å². The summed E-state index contributed by atoms with van der Waals surface area (Å²) in [5.74, 6) is 1.80. The first-order valence-electron chi connectivity index (χ1n) is 10.3. The van der Waals surface area contributed by atoms with Crippen molar-refractivity contribution in [3.05, 3.63) is 53.9 Å². The Morgan fingerprint density at radius 2 is 1.86 bits per heavy atom. The molecule has 0 spiro atoms. The average molecular weight is 398 g/mol. The zero-order valence-corrected chi connectivity index (χ0v) is 17.6. The summed E-state index contributed by atoms with van der Waals surface area (Å²) >= 11 is 0. The second-order valence-electron chi connectivity index (χ2n) is 7.76. The van der Waals surface area contributed by atoms with E-state index in [0.717, 1.165) is 55.1 Å². The second-order valence-corrected chi connectivity index (χ2v) is 7.76. The number of pyridine rings is 1. The molecule has 29 heavy (non-hydrogen) atoms. The zero-order chi connectivity index (χ0) is 20.6. The first-order chi connectivity index (χ1) is 14.1. The maximum Gasteiger partial charge on any atom is 0.225 e. The van der Waals surface area contributed by atoms with Crippen LogP contribution in [0.4, 0.5) is 0 Å². The highest BCUT2D eigenvalue weighted by molar-refractivity contribution is 5.78. The highest BCUT2D eigenvalue weighted by atomic mass is 16.5. The highest BCUT2D eigenvalue weighted by Crippen LogP contribution is 2.29. The number of likely N-dealkylation sites (tertiary alicyclic amines) is 1. The molecule has 1 aromatic heterocycles. The summed E-state index contributed by atoms with van der Waals surface area (Å²) in [6.07, 6.45) is 5.49. The Balaban J connectivity index is 1.50. The van der Waals surface area contributed by atoms with Crippen molar-refractivity contribution >= 4 is 5.91 Å². The summed E-state index contributed by atoms with van der Waals surface area (Å²) < 4.78 is 11.4. The Morgan fingerprint density at radius 3 is 2.52 bits per heavy atom. The lowest BCUT2D eigenvalue weighted by molar-refractivity contribution is -0.135. The Morgan fingerprint density at radius 1 is 1.14 bits per heavy atom. The lowest BCUT2D eigenvalue weighted by atomic mass is 10.0. The van der Waals surface area contributed by atoms with E-state index in [1.54, 1.807) is 19.5 Å². The van der Waals surface area contributed by atoms with Crippen molar-refractivity contribution in [3.8, 4) is 11.5 Å². The zero-order valence-electron chi connectivity index (χ0n) is 17.6. The smallest absolute Gasteiger partial charge is 0.225 e. The van der Waals surface area contributed by atoms with Crippen LogP contribution in [0, 0.1) is 5.92 Å². The number of carbonyl (C=O) groups excluding carboxylic acids is 1. The Hall–Kier alpha value is -2.60. The second kappa shape index (κ2) is 10.3. The molecule has 2 heterocycles. The van der Waals surface area contributed by atoms with E-state index in [1.807, 2.05) is 43.0 Å². The average Bonchev–Trinajstić information content (AvgIpc) is 2.77. The summed E-state index contributed by atoms with van der Waals surface area (Å²) in [6, 6.07) is 10.3. The molecule has 1 aliphatic heterocycles. The predicted octanol–water partition coefficient (Wildman–Crippen LogP) is 3.41. The summed E-state index contributed by atoms with van der Waals surface area (Å²) in [6.45, 7) is 6.84. The van der Waals surface area contributed by atoms with E-state index < -0.39 is 0 Å². The lowest BCUT2D eigenvalue weighted by Gasteiger charge is -2.33. The van der Waals surface area contributed by atoms with Gasteiger partial charge >= 0.3 is 0 Å². The minimum Gasteiger partial charge on any atom is -0.493 e. The van der Waals surface area contributed by atoms with Crippen molar-refractivity contribution in [2.75, 3.05) is 20.2 Å². The Kier molecular flexibility index (Phi) is 7.47. The molecule has 6 nitrogen and oxygen atoms in total. The van der Waals surface area contributed by atoms with Gasteiger partial charge in [-0.2, -0.15) is 0 Å². The van der Waals surface area contributed by atoms with Gasteiger partial charge in [-0.05, 0) is 48.2 Å². The molecule has 1 amide bonds. The molecular formula is C23H31N3O3. The van der Waals surface area contributed by atoms with Crippen LogP contribution >= 0.6 is 0 Å².